The highest BCUT2D eigenvalue weighted by Crippen LogP contribution is 2.45. The van der Waals surface area contributed by atoms with Crippen LogP contribution >= 0.6 is 0 Å². The van der Waals surface area contributed by atoms with Gasteiger partial charge in [0.25, 0.3) is 0 Å². The number of nitrogens with two attached hydrogens (primary N) is 1. The molecule has 0 aromatic heterocycles. The van der Waals surface area contributed by atoms with E-state index in [2.05, 4.69) is 46.9 Å². The summed E-state index contributed by atoms with van der Waals surface area (Å²) in [5.74, 6) is 0. The Morgan fingerprint density at radius 2 is 1.50 bits per heavy atom. The summed E-state index contributed by atoms with van der Waals surface area (Å²) < 4.78 is 0. The van der Waals surface area contributed by atoms with Crippen LogP contribution < -0.4 is 11.1 Å². The van der Waals surface area contributed by atoms with Crippen molar-refractivity contribution in [1.29, 1.82) is 0 Å². The standard InChI is InChI=1S/C14H30N2/c1-10(15)11(2)16-12-7-13(3,4)9-14(5,6)8-12/h10-12,16H,7-9,15H2,1-6H3. The van der Waals surface area contributed by atoms with Crippen LogP contribution in [0.5, 0.6) is 0 Å². The molecular weight excluding hydrogens is 196 g/mol. The van der Waals surface area contributed by atoms with E-state index in [1.807, 2.05) is 0 Å². The molecular formula is C14H30N2. The number of hydrogen-bond donors (Lipinski definition) is 2. The van der Waals surface area contributed by atoms with Gasteiger partial charge in [-0.3, -0.25) is 0 Å². The molecule has 0 heterocycles. The maximum Gasteiger partial charge on any atom is 0.0190 e. The van der Waals surface area contributed by atoms with Crippen molar-refractivity contribution >= 4 is 0 Å². The SMILES string of the molecule is CC(N)C(C)NC1CC(C)(C)CC(C)(C)C1. The van der Waals surface area contributed by atoms with Gasteiger partial charge in [0.05, 0.1) is 0 Å². The average Bonchev–Trinajstić information content (AvgIpc) is 1.96. The lowest BCUT2D eigenvalue weighted by atomic mass is 9.63. The van der Waals surface area contributed by atoms with E-state index in [1.165, 1.54) is 19.3 Å². The Hall–Kier alpha value is -0.0800. The molecule has 96 valence electrons. The van der Waals surface area contributed by atoms with Crippen LogP contribution in [0.1, 0.15) is 60.8 Å². The highest BCUT2D eigenvalue weighted by Gasteiger charge is 2.38. The number of hydrogen-bond acceptors (Lipinski definition) is 2. The summed E-state index contributed by atoms with van der Waals surface area (Å²) in [7, 11) is 0. The Bertz CT molecular complexity index is 215. The maximum absolute atomic E-state index is 5.93. The smallest absolute Gasteiger partial charge is 0.0190 e. The number of nitrogens with one attached hydrogen (secondary N) is 1. The van der Waals surface area contributed by atoms with Crippen LogP contribution in [-0.4, -0.2) is 18.1 Å². The Morgan fingerprint density at radius 3 is 1.88 bits per heavy atom. The Kier molecular flexibility index (Phi) is 4.07. The predicted octanol–water partition coefficient (Wildman–Crippen LogP) is 2.92. The molecule has 1 aliphatic rings. The van der Waals surface area contributed by atoms with Gasteiger partial charge in [0.15, 0.2) is 0 Å². The molecule has 0 aromatic carbocycles. The minimum Gasteiger partial charge on any atom is -0.327 e. The molecule has 1 saturated carbocycles. The van der Waals surface area contributed by atoms with Crippen molar-refractivity contribution in [2.45, 2.75) is 78.9 Å². The molecule has 1 rings (SSSR count). The third-order valence-electron chi connectivity index (χ3n) is 3.84. The lowest BCUT2D eigenvalue weighted by Gasteiger charge is -2.46. The van der Waals surface area contributed by atoms with Gasteiger partial charge in [-0.1, -0.05) is 27.7 Å². The van der Waals surface area contributed by atoms with Crippen LogP contribution in [0.4, 0.5) is 0 Å². The first-order valence-corrected chi connectivity index (χ1v) is 6.63. The molecule has 0 saturated heterocycles. The lowest BCUT2D eigenvalue weighted by molar-refractivity contribution is 0.0800. The van der Waals surface area contributed by atoms with Crippen molar-refractivity contribution in [1.82, 2.24) is 5.32 Å². The monoisotopic (exact) mass is 226 g/mol. The van der Waals surface area contributed by atoms with Gasteiger partial charge in [0.2, 0.25) is 0 Å². The molecule has 0 aromatic rings. The zero-order valence-electron chi connectivity index (χ0n) is 11.9. The second kappa shape index (κ2) is 4.66. The molecule has 2 nitrogen and oxygen atoms in total. The number of rotatable bonds is 3. The van der Waals surface area contributed by atoms with E-state index >= 15 is 0 Å². The van der Waals surface area contributed by atoms with Crippen molar-refractivity contribution < 1.29 is 0 Å². The van der Waals surface area contributed by atoms with Gasteiger partial charge in [-0.2, -0.15) is 0 Å². The molecule has 1 aliphatic carbocycles. The van der Waals surface area contributed by atoms with Crippen molar-refractivity contribution in [2.24, 2.45) is 16.6 Å². The molecule has 0 radical (unpaired) electrons. The Labute approximate surface area is 101 Å². The van der Waals surface area contributed by atoms with E-state index < -0.39 is 0 Å². The van der Waals surface area contributed by atoms with Crippen molar-refractivity contribution in [3.05, 3.63) is 0 Å². The molecule has 0 spiro atoms. The molecule has 2 unspecified atom stereocenters. The summed E-state index contributed by atoms with van der Waals surface area (Å²) in [6.07, 6.45) is 3.87. The van der Waals surface area contributed by atoms with Crippen molar-refractivity contribution in [3.63, 3.8) is 0 Å². The molecule has 1 fully saturated rings. The van der Waals surface area contributed by atoms with E-state index in [1.54, 1.807) is 0 Å². The van der Waals surface area contributed by atoms with E-state index in [0.717, 1.165) is 0 Å². The van der Waals surface area contributed by atoms with Crippen LogP contribution in [0.25, 0.3) is 0 Å². The third kappa shape index (κ3) is 4.06. The van der Waals surface area contributed by atoms with E-state index in [9.17, 15) is 0 Å². The van der Waals surface area contributed by atoms with Gasteiger partial charge < -0.3 is 11.1 Å². The summed E-state index contributed by atoms with van der Waals surface area (Å²) >= 11 is 0. The fraction of sp³-hybridized carbons (Fsp3) is 1.00. The fourth-order valence-electron chi connectivity index (χ4n) is 3.49. The minimum atomic E-state index is 0.230. The van der Waals surface area contributed by atoms with E-state index in [4.69, 9.17) is 5.73 Å². The summed E-state index contributed by atoms with van der Waals surface area (Å²) in [5, 5.41) is 3.70. The normalized spacial score (nSPS) is 28.7. The minimum absolute atomic E-state index is 0.230. The molecule has 0 amide bonds. The second-order valence-electron chi connectivity index (χ2n) is 7.42. The zero-order chi connectivity index (χ0) is 12.6. The predicted molar refractivity (Wildman–Crippen MR) is 71.4 cm³/mol. The molecule has 0 aliphatic heterocycles. The molecule has 3 N–H and O–H groups in total. The van der Waals surface area contributed by atoms with Gasteiger partial charge >= 0.3 is 0 Å². The molecule has 2 heteroatoms. The van der Waals surface area contributed by atoms with Crippen LogP contribution in [-0.2, 0) is 0 Å². The second-order valence-corrected chi connectivity index (χ2v) is 7.42. The van der Waals surface area contributed by atoms with Gasteiger partial charge in [-0.15, -0.1) is 0 Å². The highest BCUT2D eigenvalue weighted by molar-refractivity contribution is 4.93. The Morgan fingerprint density at radius 1 is 1.06 bits per heavy atom. The fourth-order valence-corrected chi connectivity index (χ4v) is 3.49. The van der Waals surface area contributed by atoms with Crippen LogP contribution in [0.3, 0.4) is 0 Å². The van der Waals surface area contributed by atoms with Gasteiger partial charge in [-0.05, 0) is 43.9 Å². The van der Waals surface area contributed by atoms with E-state index in [0.29, 0.717) is 22.9 Å². The maximum atomic E-state index is 5.93. The Balaban J connectivity index is 2.61. The first kappa shape index (κ1) is 14.0. The van der Waals surface area contributed by atoms with Crippen molar-refractivity contribution in [2.75, 3.05) is 0 Å². The topological polar surface area (TPSA) is 38.0 Å². The lowest BCUT2D eigenvalue weighted by Crippen LogP contribution is -2.51. The largest absolute Gasteiger partial charge is 0.327 e. The molecule has 16 heavy (non-hydrogen) atoms. The zero-order valence-corrected chi connectivity index (χ0v) is 11.9. The van der Waals surface area contributed by atoms with Crippen molar-refractivity contribution in [3.8, 4) is 0 Å². The molecule has 2 atom stereocenters. The summed E-state index contributed by atoms with van der Waals surface area (Å²) in [6, 6.07) is 1.27. The van der Waals surface area contributed by atoms with Crippen LogP contribution in [0.15, 0.2) is 0 Å². The van der Waals surface area contributed by atoms with Crippen LogP contribution in [0.2, 0.25) is 0 Å². The molecule has 0 bridgehead atoms. The highest BCUT2D eigenvalue weighted by atomic mass is 15.0. The van der Waals surface area contributed by atoms with Gasteiger partial charge in [-0.25, -0.2) is 0 Å². The summed E-state index contributed by atoms with van der Waals surface area (Å²) in [5.41, 5.74) is 6.84. The van der Waals surface area contributed by atoms with Gasteiger partial charge in [0, 0.05) is 18.1 Å². The third-order valence-corrected chi connectivity index (χ3v) is 3.84. The van der Waals surface area contributed by atoms with Crippen LogP contribution in [0, 0.1) is 10.8 Å². The summed E-state index contributed by atoms with van der Waals surface area (Å²) in [6.45, 7) is 13.8. The summed E-state index contributed by atoms with van der Waals surface area (Å²) in [4.78, 5) is 0. The quantitative estimate of drug-likeness (QED) is 0.776. The van der Waals surface area contributed by atoms with Gasteiger partial charge in [0.1, 0.15) is 0 Å². The average molecular weight is 226 g/mol. The first-order valence-electron chi connectivity index (χ1n) is 6.63. The van der Waals surface area contributed by atoms with E-state index in [-0.39, 0.29) is 6.04 Å². The first-order chi connectivity index (χ1) is 7.11.